The highest BCUT2D eigenvalue weighted by Crippen LogP contribution is 2.37. The van der Waals surface area contributed by atoms with Crippen LogP contribution in [0.5, 0.6) is 5.88 Å². The number of hydrogen-bond acceptors (Lipinski definition) is 4. The van der Waals surface area contributed by atoms with Crippen molar-refractivity contribution in [1.82, 2.24) is 4.98 Å². The number of aromatic nitrogens is 1. The van der Waals surface area contributed by atoms with Crippen LogP contribution >= 0.6 is 11.8 Å². The van der Waals surface area contributed by atoms with Gasteiger partial charge in [-0.1, -0.05) is 6.92 Å². The quantitative estimate of drug-likeness (QED) is 0.569. The first-order valence-electron chi connectivity index (χ1n) is 9.43. The third-order valence-corrected chi connectivity index (χ3v) is 6.01. The molecule has 1 atom stereocenters. The molecule has 1 aliphatic carbocycles. The van der Waals surface area contributed by atoms with E-state index in [2.05, 4.69) is 4.98 Å². The van der Waals surface area contributed by atoms with E-state index in [4.69, 9.17) is 9.84 Å². The lowest BCUT2D eigenvalue weighted by atomic mass is 10.1. The molecule has 0 unspecified atom stereocenters. The third kappa shape index (κ3) is 5.22. The minimum Gasteiger partial charge on any atom is -0.481 e. The summed E-state index contributed by atoms with van der Waals surface area (Å²) in [6.07, 6.45) is 6.15. The fourth-order valence-corrected chi connectivity index (χ4v) is 4.26. The molecule has 1 fully saturated rings. The van der Waals surface area contributed by atoms with E-state index < -0.39 is 17.6 Å². The van der Waals surface area contributed by atoms with Crippen LogP contribution in [0.25, 0.3) is 11.1 Å². The monoisotopic (exact) mass is 407 g/mol. The van der Waals surface area contributed by atoms with E-state index in [9.17, 15) is 13.6 Å². The summed E-state index contributed by atoms with van der Waals surface area (Å²) >= 11 is 1.01. The number of carbonyl (C=O) groups is 1. The Hall–Kier alpha value is -2.15. The molecule has 1 saturated carbocycles. The predicted octanol–water partition coefficient (Wildman–Crippen LogP) is 5.69. The first-order valence-corrected chi connectivity index (χ1v) is 10.3. The molecular weight excluding hydrogens is 384 g/mol. The van der Waals surface area contributed by atoms with Gasteiger partial charge in [-0.05, 0) is 61.9 Å². The number of rotatable bonds is 8. The van der Waals surface area contributed by atoms with Crippen molar-refractivity contribution in [3.05, 3.63) is 42.1 Å². The molecule has 1 heterocycles. The number of halogens is 2. The number of aliphatic carboxylic acids is 1. The summed E-state index contributed by atoms with van der Waals surface area (Å²) in [5, 5.41) is 8.54. The van der Waals surface area contributed by atoms with Crippen molar-refractivity contribution in [2.75, 3.05) is 0 Å². The van der Waals surface area contributed by atoms with Crippen molar-refractivity contribution in [2.24, 2.45) is 0 Å². The summed E-state index contributed by atoms with van der Waals surface area (Å²) in [6.45, 7) is 1.76. The van der Waals surface area contributed by atoms with E-state index in [1.165, 1.54) is 12.1 Å². The largest absolute Gasteiger partial charge is 0.481 e. The van der Waals surface area contributed by atoms with Crippen LogP contribution in [0.2, 0.25) is 0 Å². The van der Waals surface area contributed by atoms with Gasteiger partial charge >= 0.3 is 5.97 Å². The molecule has 1 aliphatic rings. The molecule has 0 amide bonds. The smallest absolute Gasteiger partial charge is 0.303 e. The molecule has 1 aromatic carbocycles. The van der Waals surface area contributed by atoms with Gasteiger partial charge in [0.2, 0.25) is 5.88 Å². The van der Waals surface area contributed by atoms with Gasteiger partial charge in [-0.3, -0.25) is 4.79 Å². The summed E-state index contributed by atoms with van der Waals surface area (Å²) in [6, 6.07) is 6.03. The number of hydrogen-bond donors (Lipinski definition) is 1. The van der Waals surface area contributed by atoms with Gasteiger partial charge < -0.3 is 9.84 Å². The molecule has 7 heteroatoms. The minimum atomic E-state index is -0.921. The number of benzene rings is 1. The highest BCUT2D eigenvalue weighted by atomic mass is 32.2. The van der Waals surface area contributed by atoms with Crippen molar-refractivity contribution in [3.8, 4) is 17.0 Å². The molecule has 0 saturated heterocycles. The van der Waals surface area contributed by atoms with Crippen molar-refractivity contribution >= 4 is 17.7 Å². The number of carboxylic acid groups (broad SMARTS) is 1. The number of pyridine rings is 1. The highest BCUT2D eigenvalue weighted by molar-refractivity contribution is 8.00. The molecular formula is C21H23F2NO3S. The minimum absolute atomic E-state index is 0.0347. The van der Waals surface area contributed by atoms with Crippen molar-refractivity contribution in [1.29, 1.82) is 0 Å². The van der Waals surface area contributed by atoms with Gasteiger partial charge in [0.1, 0.15) is 17.7 Å². The van der Waals surface area contributed by atoms with Crippen LogP contribution in [0, 0.1) is 11.6 Å². The lowest BCUT2D eigenvalue weighted by molar-refractivity contribution is -0.137. The van der Waals surface area contributed by atoms with E-state index in [1.54, 1.807) is 25.3 Å². The Morgan fingerprint density at radius 3 is 2.64 bits per heavy atom. The summed E-state index contributed by atoms with van der Waals surface area (Å²) in [5.41, 5.74) is 0.932. The second kappa shape index (κ2) is 9.37. The Kier molecular flexibility index (Phi) is 6.88. The summed E-state index contributed by atoms with van der Waals surface area (Å²) in [7, 11) is 0. The third-order valence-electron chi connectivity index (χ3n) is 4.74. The van der Waals surface area contributed by atoms with Crippen molar-refractivity contribution in [3.63, 3.8) is 0 Å². The van der Waals surface area contributed by atoms with Crippen LogP contribution in [-0.4, -0.2) is 27.4 Å². The second-order valence-corrected chi connectivity index (χ2v) is 8.46. The maximum atomic E-state index is 14.7. The van der Waals surface area contributed by atoms with Crippen LogP contribution in [0.15, 0.2) is 35.4 Å². The molecule has 2 aromatic rings. The Labute approximate surface area is 167 Å². The molecule has 3 rings (SSSR count). The average molecular weight is 407 g/mol. The van der Waals surface area contributed by atoms with Gasteiger partial charge in [0.25, 0.3) is 0 Å². The molecule has 150 valence electrons. The fraction of sp³-hybridized carbons (Fsp3) is 0.429. The van der Waals surface area contributed by atoms with Crippen molar-refractivity contribution < 1.29 is 23.4 Å². The standard InChI is InChI=1S/C21H23F2NO3S/c1-13(8-9-19(25)26)28-20-17(22)11-14(12-18(20)23)16-7-4-10-24-21(16)27-15-5-2-3-6-15/h4,7,10-13,15H,2-3,5-6,8-9H2,1H3,(H,25,26)/t13-/m1/s1. The number of ether oxygens (including phenoxy) is 1. The van der Waals surface area contributed by atoms with E-state index in [-0.39, 0.29) is 22.7 Å². The Morgan fingerprint density at radius 2 is 2.00 bits per heavy atom. The summed E-state index contributed by atoms with van der Waals surface area (Å²) < 4.78 is 35.3. The van der Waals surface area contributed by atoms with E-state index >= 15 is 0 Å². The Bertz CT molecular complexity index is 817. The van der Waals surface area contributed by atoms with Crippen LogP contribution in [0.3, 0.4) is 0 Å². The molecule has 1 aromatic heterocycles. The molecule has 0 bridgehead atoms. The first kappa shape index (κ1) is 20.6. The molecule has 0 aliphatic heterocycles. The zero-order valence-electron chi connectivity index (χ0n) is 15.7. The van der Waals surface area contributed by atoms with Crippen LogP contribution in [-0.2, 0) is 4.79 Å². The van der Waals surface area contributed by atoms with Crippen LogP contribution in [0.1, 0.15) is 45.4 Å². The Morgan fingerprint density at radius 1 is 1.32 bits per heavy atom. The topological polar surface area (TPSA) is 59.4 Å². The summed E-state index contributed by atoms with van der Waals surface area (Å²) in [5.74, 6) is -1.87. The maximum Gasteiger partial charge on any atom is 0.303 e. The lowest BCUT2D eigenvalue weighted by Gasteiger charge is -2.16. The summed E-state index contributed by atoms with van der Waals surface area (Å²) in [4.78, 5) is 14.8. The van der Waals surface area contributed by atoms with Gasteiger partial charge in [0, 0.05) is 23.4 Å². The molecule has 1 N–H and O–H groups in total. The molecule has 0 spiro atoms. The zero-order chi connectivity index (χ0) is 20.1. The number of carboxylic acids is 1. The molecule has 0 radical (unpaired) electrons. The second-order valence-electron chi connectivity index (χ2n) is 7.01. The lowest BCUT2D eigenvalue weighted by Crippen LogP contribution is -2.12. The van der Waals surface area contributed by atoms with Crippen molar-refractivity contribution in [2.45, 2.75) is 61.7 Å². The number of nitrogens with zero attached hydrogens (tertiary/aromatic N) is 1. The SMILES string of the molecule is C[C@H](CCC(=O)O)Sc1c(F)cc(-c2cccnc2OC2CCCC2)cc1F. The van der Waals surface area contributed by atoms with Crippen LogP contribution in [0.4, 0.5) is 8.78 Å². The van der Waals surface area contributed by atoms with Gasteiger partial charge in [-0.15, -0.1) is 11.8 Å². The normalized spacial score (nSPS) is 15.5. The van der Waals surface area contributed by atoms with Gasteiger partial charge in [0.15, 0.2) is 0 Å². The van der Waals surface area contributed by atoms with Crippen LogP contribution < -0.4 is 4.74 Å². The highest BCUT2D eigenvalue weighted by Gasteiger charge is 2.21. The zero-order valence-corrected chi connectivity index (χ0v) is 16.5. The Balaban J connectivity index is 1.81. The number of thioether (sulfide) groups is 1. The van der Waals surface area contributed by atoms with E-state index in [0.29, 0.717) is 23.4 Å². The molecule has 28 heavy (non-hydrogen) atoms. The van der Waals surface area contributed by atoms with Gasteiger partial charge in [-0.25, -0.2) is 13.8 Å². The average Bonchev–Trinajstić information content (AvgIpc) is 3.16. The predicted molar refractivity (Wildman–Crippen MR) is 105 cm³/mol. The van der Waals surface area contributed by atoms with E-state index in [0.717, 1.165) is 37.4 Å². The van der Waals surface area contributed by atoms with Gasteiger partial charge in [-0.2, -0.15) is 0 Å². The maximum absolute atomic E-state index is 14.7. The van der Waals surface area contributed by atoms with Gasteiger partial charge in [0.05, 0.1) is 4.90 Å². The molecule has 4 nitrogen and oxygen atoms in total. The van der Waals surface area contributed by atoms with E-state index in [1.807, 2.05) is 0 Å². The fourth-order valence-electron chi connectivity index (χ4n) is 3.28. The first-order chi connectivity index (χ1) is 13.4.